The van der Waals surface area contributed by atoms with Crippen LogP contribution in [-0.2, 0) is 4.79 Å². The van der Waals surface area contributed by atoms with E-state index in [2.05, 4.69) is 35.8 Å². The van der Waals surface area contributed by atoms with Crippen LogP contribution in [0.2, 0.25) is 0 Å². The van der Waals surface area contributed by atoms with E-state index in [0.717, 1.165) is 18.4 Å². The lowest BCUT2D eigenvalue weighted by Gasteiger charge is -2.14. The molecule has 100 valence electrons. The van der Waals surface area contributed by atoms with Gasteiger partial charge in [0.05, 0.1) is 6.04 Å². The number of amides is 1. The Morgan fingerprint density at radius 2 is 2.00 bits per heavy atom. The maximum absolute atomic E-state index is 11.7. The van der Waals surface area contributed by atoms with E-state index < -0.39 is 0 Å². The second-order valence-electron chi connectivity index (χ2n) is 4.31. The maximum atomic E-state index is 11.7. The first-order valence-corrected chi connectivity index (χ1v) is 7.53. The number of unbranched alkanes of at least 4 members (excludes halogenated alkanes) is 1. The zero-order chi connectivity index (χ0) is 13.4. The maximum Gasteiger partial charge on any atom is 0.220 e. The lowest BCUT2D eigenvalue weighted by atomic mass is 10.1. The topological polar surface area (TPSA) is 55.1 Å². The van der Waals surface area contributed by atoms with Gasteiger partial charge in [0.15, 0.2) is 0 Å². The molecule has 1 rings (SSSR count). The number of nitrogens with two attached hydrogens (primary N) is 1. The summed E-state index contributed by atoms with van der Waals surface area (Å²) in [6.45, 7) is 2.66. The zero-order valence-electron chi connectivity index (χ0n) is 11.1. The van der Waals surface area contributed by atoms with E-state index in [1.165, 1.54) is 4.90 Å². The van der Waals surface area contributed by atoms with Crippen molar-refractivity contribution in [1.82, 2.24) is 5.32 Å². The Morgan fingerprint density at radius 3 is 2.56 bits per heavy atom. The Morgan fingerprint density at radius 1 is 1.33 bits per heavy atom. The molecule has 3 nitrogen and oxygen atoms in total. The van der Waals surface area contributed by atoms with Crippen LogP contribution in [0.1, 0.15) is 37.8 Å². The van der Waals surface area contributed by atoms with E-state index in [1.54, 1.807) is 11.8 Å². The minimum Gasteiger partial charge on any atom is -0.350 e. The Balaban J connectivity index is 2.43. The van der Waals surface area contributed by atoms with Gasteiger partial charge in [0.1, 0.15) is 0 Å². The standard InChI is InChI=1S/C14H22N2OS/c1-11(16-14(17)5-3-4-10-15)12-6-8-13(18-2)9-7-12/h6-9,11H,3-5,10,15H2,1-2H3,(H,16,17). The normalized spacial score (nSPS) is 12.2. The summed E-state index contributed by atoms with van der Waals surface area (Å²) in [5.74, 6) is 0.102. The van der Waals surface area contributed by atoms with Crippen molar-refractivity contribution in [2.24, 2.45) is 5.73 Å². The molecular weight excluding hydrogens is 244 g/mol. The van der Waals surface area contributed by atoms with E-state index >= 15 is 0 Å². The highest BCUT2D eigenvalue weighted by atomic mass is 32.2. The third kappa shape index (κ3) is 5.10. The lowest BCUT2D eigenvalue weighted by molar-refractivity contribution is -0.121. The second-order valence-corrected chi connectivity index (χ2v) is 5.19. The number of nitrogens with one attached hydrogen (secondary N) is 1. The Labute approximate surface area is 114 Å². The minimum atomic E-state index is 0.0614. The fraction of sp³-hybridized carbons (Fsp3) is 0.500. The first kappa shape index (κ1) is 15.1. The van der Waals surface area contributed by atoms with Crippen molar-refractivity contribution in [2.45, 2.75) is 37.1 Å². The third-order valence-electron chi connectivity index (χ3n) is 2.85. The number of carbonyl (C=O) groups excluding carboxylic acids is 1. The second kappa shape index (κ2) is 8.16. The molecule has 0 aliphatic rings. The van der Waals surface area contributed by atoms with E-state index in [0.29, 0.717) is 13.0 Å². The summed E-state index contributed by atoms with van der Waals surface area (Å²) >= 11 is 1.72. The molecule has 4 heteroatoms. The molecule has 0 fully saturated rings. The predicted molar refractivity (Wildman–Crippen MR) is 77.7 cm³/mol. The Hall–Kier alpha value is -1.00. The molecule has 1 unspecified atom stereocenters. The molecule has 18 heavy (non-hydrogen) atoms. The fourth-order valence-corrected chi connectivity index (χ4v) is 2.13. The summed E-state index contributed by atoms with van der Waals surface area (Å²) < 4.78 is 0. The molecule has 0 aromatic heterocycles. The molecule has 0 radical (unpaired) electrons. The van der Waals surface area contributed by atoms with Crippen LogP contribution in [-0.4, -0.2) is 18.7 Å². The van der Waals surface area contributed by atoms with Crippen molar-refractivity contribution in [3.05, 3.63) is 29.8 Å². The van der Waals surface area contributed by atoms with Crippen molar-refractivity contribution in [1.29, 1.82) is 0 Å². The average Bonchev–Trinajstić information content (AvgIpc) is 2.39. The molecule has 0 saturated carbocycles. The number of hydrogen-bond acceptors (Lipinski definition) is 3. The number of hydrogen-bond donors (Lipinski definition) is 2. The summed E-state index contributed by atoms with van der Waals surface area (Å²) in [7, 11) is 0. The van der Waals surface area contributed by atoms with Crippen LogP contribution < -0.4 is 11.1 Å². The summed E-state index contributed by atoms with van der Waals surface area (Å²) in [6, 6.07) is 8.35. The molecule has 0 aliphatic heterocycles. The van der Waals surface area contributed by atoms with Gasteiger partial charge in [0.25, 0.3) is 0 Å². The largest absolute Gasteiger partial charge is 0.350 e. The van der Waals surface area contributed by atoms with Crippen molar-refractivity contribution in [2.75, 3.05) is 12.8 Å². The number of thioether (sulfide) groups is 1. The number of benzene rings is 1. The molecule has 0 heterocycles. The molecule has 1 amide bonds. The van der Waals surface area contributed by atoms with Crippen LogP contribution in [0.15, 0.2) is 29.2 Å². The van der Waals surface area contributed by atoms with Gasteiger partial charge in [0, 0.05) is 11.3 Å². The van der Waals surface area contributed by atoms with Crippen LogP contribution in [0.3, 0.4) is 0 Å². The molecule has 1 atom stereocenters. The molecule has 1 aromatic rings. The first-order chi connectivity index (χ1) is 8.67. The van der Waals surface area contributed by atoms with Crippen LogP contribution in [0.25, 0.3) is 0 Å². The molecule has 0 bridgehead atoms. The Kier molecular flexibility index (Phi) is 6.83. The fourth-order valence-electron chi connectivity index (χ4n) is 1.72. The molecule has 0 saturated heterocycles. The van der Waals surface area contributed by atoms with Crippen molar-refractivity contribution in [3.8, 4) is 0 Å². The van der Waals surface area contributed by atoms with Crippen LogP contribution >= 0.6 is 11.8 Å². The highest BCUT2D eigenvalue weighted by molar-refractivity contribution is 7.98. The van der Waals surface area contributed by atoms with Crippen LogP contribution in [0.4, 0.5) is 0 Å². The average molecular weight is 266 g/mol. The number of rotatable bonds is 7. The van der Waals surface area contributed by atoms with Crippen molar-refractivity contribution < 1.29 is 4.79 Å². The van der Waals surface area contributed by atoms with E-state index in [-0.39, 0.29) is 11.9 Å². The predicted octanol–water partition coefficient (Wildman–Crippen LogP) is 2.71. The Bertz CT molecular complexity index is 365. The van der Waals surface area contributed by atoms with Gasteiger partial charge in [0.2, 0.25) is 5.91 Å². The minimum absolute atomic E-state index is 0.0614. The molecule has 0 aliphatic carbocycles. The van der Waals surface area contributed by atoms with Crippen molar-refractivity contribution >= 4 is 17.7 Å². The summed E-state index contributed by atoms with van der Waals surface area (Å²) in [5, 5.41) is 3.01. The van der Waals surface area contributed by atoms with Gasteiger partial charge in [-0.2, -0.15) is 0 Å². The number of carbonyl (C=O) groups is 1. The highest BCUT2D eigenvalue weighted by Gasteiger charge is 2.08. The monoisotopic (exact) mass is 266 g/mol. The molecular formula is C14H22N2OS. The third-order valence-corrected chi connectivity index (χ3v) is 3.59. The molecule has 3 N–H and O–H groups in total. The van der Waals surface area contributed by atoms with E-state index in [1.807, 2.05) is 6.92 Å². The van der Waals surface area contributed by atoms with Crippen molar-refractivity contribution in [3.63, 3.8) is 0 Å². The summed E-state index contributed by atoms with van der Waals surface area (Å²) in [4.78, 5) is 12.9. The van der Waals surface area contributed by atoms with Gasteiger partial charge < -0.3 is 11.1 Å². The van der Waals surface area contributed by atoms with Gasteiger partial charge in [-0.3, -0.25) is 4.79 Å². The summed E-state index contributed by atoms with van der Waals surface area (Å²) in [6.07, 6.45) is 4.38. The SMILES string of the molecule is CSc1ccc(C(C)NC(=O)CCCCN)cc1. The van der Waals surface area contributed by atoms with Crippen LogP contribution in [0, 0.1) is 0 Å². The quantitative estimate of drug-likeness (QED) is 0.589. The molecule has 0 spiro atoms. The zero-order valence-corrected chi connectivity index (χ0v) is 11.9. The smallest absolute Gasteiger partial charge is 0.220 e. The lowest BCUT2D eigenvalue weighted by Crippen LogP contribution is -2.26. The van der Waals surface area contributed by atoms with Gasteiger partial charge in [-0.1, -0.05) is 12.1 Å². The molecule has 1 aromatic carbocycles. The van der Waals surface area contributed by atoms with Gasteiger partial charge in [-0.05, 0) is 50.3 Å². The van der Waals surface area contributed by atoms with E-state index in [4.69, 9.17) is 5.73 Å². The first-order valence-electron chi connectivity index (χ1n) is 6.30. The summed E-state index contributed by atoms with van der Waals surface area (Å²) in [5.41, 5.74) is 6.54. The van der Waals surface area contributed by atoms with Gasteiger partial charge >= 0.3 is 0 Å². The van der Waals surface area contributed by atoms with Crippen LogP contribution in [0.5, 0.6) is 0 Å². The highest BCUT2D eigenvalue weighted by Crippen LogP contribution is 2.18. The van der Waals surface area contributed by atoms with E-state index in [9.17, 15) is 4.79 Å². The van der Waals surface area contributed by atoms with Gasteiger partial charge in [-0.25, -0.2) is 0 Å². The van der Waals surface area contributed by atoms with Gasteiger partial charge in [-0.15, -0.1) is 11.8 Å².